The lowest BCUT2D eigenvalue weighted by atomic mass is 10.2. The van der Waals surface area contributed by atoms with Crippen LogP contribution in [0.5, 0.6) is 0 Å². The summed E-state index contributed by atoms with van der Waals surface area (Å²) in [5.74, 6) is 2.49. The van der Waals surface area contributed by atoms with Gasteiger partial charge in [-0.15, -0.1) is 0 Å². The quantitative estimate of drug-likeness (QED) is 0.680. The second kappa shape index (κ2) is 5.76. The fourth-order valence-corrected chi connectivity index (χ4v) is 2.53. The van der Waals surface area contributed by atoms with Gasteiger partial charge in [-0.3, -0.25) is 4.21 Å². The van der Waals surface area contributed by atoms with E-state index in [0.29, 0.717) is 6.04 Å². The molecule has 0 amide bonds. The van der Waals surface area contributed by atoms with E-state index in [4.69, 9.17) is 0 Å². The van der Waals surface area contributed by atoms with Gasteiger partial charge in [0.15, 0.2) is 0 Å². The smallest absolute Gasteiger partial charge is 0.0391 e. The summed E-state index contributed by atoms with van der Waals surface area (Å²) in [5, 5.41) is 3.50. The third-order valence-corrected chi connectivity index (χ3v) is 3.91. The first-order chi connectivity index (χ1) is 6.27. The Morgan fingerprint density at radius 1 is 1.46 bits per heavy atom. The van der Waals surface area contributed by atoms with E-state index in [-0.39, 0.29) is 0 Å². The van der Waals surface area contributed by atoms with Crippen molar-refractivity contribution in [1.82, 2.24) is 5.32 Å². The van der Waals surface area contributed by atoms with Crippen molar-refractivity contribution in [3.8, 4) is 0 Å². The molecule has 1 fully saturated rings. The Morgan fingerprint density at radius 2 is 2.15 bits per heavy atom. The van der Waals surface area contributed by atoms with Gasteiger partial charge in [-0.2, -0.15) is 0 Å². The molecular weight excluding hydrogens is 182 g/mol. The lowest BCUT2D eigenvalue weighted by molar-refractivity contribution is 0.498. The molecule has 1 aliphatic rings. The highest BCUT2D eigenvalue weighted by Crippen LogP contribution is 2.32. The number of nitrogens with one attached hydrogen (secondary N) is 1. The predicted molar refractivity (Wildman–Crippen MR) is 58.4 cm³/mol. The van der Waals surface area contributed by atoms with Gasteiger partial charge in [0.1, 0.15) is 0 Å². The van der Waals surface area contributed by atoms with Crippen molar-refractivity contribution >= 4 is 10.8 Å². The summed E-state index contributed by atoms with van der Waals surface area (Å²) in [7, 11) is -0.604. The van der Waals surface area contributed by atoms with Crippen molar-refractivity contribution in [3.63, 3.8) is 0 Å². The fraction of sp³-hybridized carbons (Fsp3) is 1.00. The Labute approximate surface area is 83.9 Å². The van der Waals surface area contributed by atoms with Gasteiger partial charge >= 0.3 is 0 Å². The van der Waals surface area contributed by atoms with Gasteiger partial charge in [0.25, 0.3) is 0 Å². The van der Waals surface area contributed by atoms with Gasteiger partial charge in [0, 0.05) is 28.3 Å². The minimum Gasteiger partial charge on any atom is -0.313 e. The third-order valence-electron chi connectivity index (χ3n) is 2.53. The highest BCUT2D eigenvalue weighted by molar-refractivity contribution is 7.84. The molecule has 0 aromatic heterocycles. The standard InChI is InChI=1S/C10H21NOS/c1-3-7-11-10(9-5-6-9)8-13(12)4-2/h9-11H,3-8H2,1-2H3. The molecule has 0 saturated heterocycles. The van der Waals surface area contributed by atoms with Gasteiger partial charge in [0.2, 0.25) is 0 Å². The summed E-state index contributed by atoms with van der Waals surface area (Å²) in [4.78, 5) is 0. The van der Waals surface area contributed by atoms with Gasteiger partial charge in [-0.25, -0.2) is 0 Å². The Balaban J connectivity index is 2.24. The number of hydrogen-bond donors (Lipinski definition) is 1. The summed E-state index contributed by atoms with van der Waals surface area (Å²) < 4.78 is 11.4. The maximum atomic E-state index is 11.4. The molecule has 0 aliphatic heterocycles. The lowest BCUT2D eigenvalue weighted by Crippen LogP contribution is -2.36. The van der Waals surface area contributed by atoms with E-state index >= 15 is 0 Å². The first-order valence-electron chi connectivity index (χ1n) is 5.36. The second-order valence-electron chi connectivity index (χ2n) is 3.79. The minimum absolute atomic E-state index is 0.528. The Morgan fingerprint density at radius 3 is 2.62 bits per heavy atom. The maximum Gasteiger partial charge on any atom is 0.0391 e. The first kappa shape index (κ1) is 11.2. The predicted octanol–water partition coefficient (Wildman–Crippen LogP) is 1.53. The van der Waals surface area contributed by atoms with Gasteiger partial charge < -0.3 is 5.32 Å². The number of hydrogen-bond acceptors (Lipinski definition) is 2. The van der Waals surface area contributed by atoms with Gasteiger partial charge in [0.05, 0.1) is 0 Å². The van der Waals surface area contributed by atoms with Crippen molar-refractivity contribution in [2.75, 3.05) is 18.1 Å². The van der Waals surface area contributed by atoms with E-state index in [2.05, 4.69) is 12.2 Å². The molecule has 2 unspecified atom stereocenters. The first-order valence-corrected chi connectivity index (χ1v) is 6.85. The summed E-state index contributed by atoms with van der Waals surface area (Å²) >= 11 is 0. The molecule has 1 saturated carbocycles. The summed E-state index contributed by atoms with van der Waals surface area (Å²) in [5.41, 5.74) is 0. The molecule has 0 bridgehead atoms. The van der Waals surface area contributed by atoms with Crippen LogP contribution in [0, 0.1) is 5.92 Å². The summed E-state index contributed by atoms with van der Waals surface area (Å²) in [6.45, 7) is 5.25. The van der Waals surface area contributed by atoms with E-state index in [9.17, 15) is 4.21 Å². The normalized spacial score (nSPS) is 21.4. The molecule has 2 atom stereocenters. The minimum atomic E-state index is -0.604. The third kappa shape index (κ3) is 4.23. The van der Waals surface area contributed by atoms with Crippen LogP contribution in [0.1, 0.15) is 33.1 Å². The molecule has 1 N–H and O–H groups in total. The van der Waals surface area contributed by atoms with Crippen LogP contribution < -0.4 is 5.32 Å². The largest absolute Gasteiger partial charge is 0.313 e. The SMILES string of the molecule is CCCNC(CS(=O)CC)C1CC1. The van der Waals surface area contributed by atoms with E-state index in [1.54, 1.807) is 0 Å². The summed E-state index contributed by atoms with van der Waals surface area (Å²) in [6, 6.07) is 0.528. The van der Waals surface area contributed by atoms with Crippen LogP contribution in [0.4, 0.5) is 0 Å². The molecule has 78 valence electrons. The highest BCUT2D eigenvalue weighted by Gasteiger charge is 2.31. The lowest BCUT2D eigenvalue weighted by Gasteiger charge is -2.16. The van der Waals surface area contributed by atoms with Crippen LogP contribution >= 0.6 is 0 Å². The van der Waals surface area contributed by atoms with Crippen molar-refractivity contribution in [1.29, 1.82) is 0 Å². The molecule has 0 heterocycles. The molecule has 3 heteroatoms. The van der Waals surface area contributed by atoms with Crippen LogP contribution in [0.25, 0.3) is 0 Å². The van der Waals surface area contributed by atoms with Crippen LogP contribution in [-0.4, -0.2) is 28.3 Å². The van der Waals surface area contributed by atoms with E-state index in [0.717, 1.165) is 24.0 Å². The van der Waals surface area contributed by atoms with Crippen LogP contribution in [0.2, 0.25) is 0 Å². The van der Waals surface area contributed by atoms with Crippen molar-refractivity contribution < 1.29 is 4.21 Å². The zero-order valence-electron chi connectivity index (χ0n) is 8.71. The molecule has 1 aliphatic carbocycles. The average molecular weight is 203 g/mol. The fourth-order valence-electron chi connectivity index (χ4n) is 1.51. The Hall–Kier alpha value is 0.110. The van der Waals surface area contributed by atoms with E-state index < -0.39 is 10.8 Å². The van der Waals surface area contributed by atoms with Crippen LogP contribution in [-0.2, 0) is 10.8 Å². The topological polar surface area (TPSA) is 29.1 Å². The summed E-state index contributed by atoms with van der Waals surface area (Å²) in [6.07, 6.45) is 3.84. The molecule has 0 aromatic carbocycles. The molecule has 1 rings (SSSR count). The van der Waals surface area contributed by atoms with Crippen LogP contribution in [0.3, 0.4) is 0 Å². The average Bonchev–Trinajstić information content (AvgIpc) is 2.94. The molecule has 0 aromatic rings. The maximum absolute atomic E-state index is 11.4. The zero-order valence-corrected chi connectivity index (χ0v) is 9.53. The van der Waals surface area contributed by atoms with Gasteiger partial charge in [-0.05, 0) is 31.7 Å². The Kier molecular flexibility index (Phi) is 4.96. The highest BCUT2D eigenvalue weighted by atomic mass is 32.2. The Bertz CT molecular complexity index is 168. The molecule has 0 radical (unpaired) electrons. The number of rotatable bonds is 7. The van der Waals surface area contributed by atoms with Crippen molar-refractivity contribution in [2.24, 2.45) is 5.92 Å². The van der Waals surface area contributed by atoms with Crippen LogP contribution in [0.15, 0.2) is 0 Å². The van der Waals surface area contributed by atoms with Crippen molar-refractivity contribution in [2.45, 2.75) is 39.2 Å². The molecular formula is C10H21NOS. The molecule has 13 heavy (non-hydrogen) atoms. The van der Waals surface area contributed by atoms with Crippen molar-refractivity contribution in [3.05, 3.63) is 0 Å². The van der Waals surface area contributed by atoms with E-state index in [1.807, 2.05) is 6.92 Å². The zero-order chi connectivity index (χ0) is 9.68. The second-order valence-corrected chi connectivity index (χ2v) is 5.58. The van der Waals surface area contributed by atoms with Gasteiger partial charge in [-0.1, -0.05) is 13.8 Å². The monoisotopic (exact) mass is 203 g/mol. The van der Waals surface area contributed by atoms with E-state index in [1.165, 1.54) is 19.3 Å². The molecule has 2 nitrogen and oxygen atoms in total. The molecule has 0 spiro atoms.